The minimum Gasteiger partial charge on any atom is -0.356 e. The van der Waals surface area contributed by atoms with Crippen molar-refractivity contribution in [2.75, 3.05) is 38.5 Å². The molecule has 0 radical (unpaired) electrons. The van der Waals surface area contributed by atoms with Crippen molar-refractivity contribution in [2.45, 2.75) is 52.0 Å². The van der Waals surface area contributed by atoms with Crippen LogP contribution in [0.25, 0.3) is 0 Å². The maximum Gasteiger partial charge on any atom is 0.227 e. The molecule has 1 aliphatic heterocycles. The standard InChI is InChI=1S/C20H34N6O/c1-16-8-9-18(24-15-16)25-19(27)10-12-23-20(21-3)22-11-6-14-26-13-5-4-7-17(26)2/h8-9,15,17H,4-7,10-14H2,1-3H3,(H2,21,22,23)(H,24,25,27). The van der Waals surface area contributed by atoms with Gasteiger partial charge >= 0.3 is 0 Å². The van der Waals surface area contributed by atoms with E-state index in [9.17, 15) is 4.79 Å². The van der Waals surface area contributed by atoms with Gasteiger partial charge in [0.05, 0.1) is 0 Å². The molecular formula is C20H34N6O. The summed E-state index contributed by atoms with van der Waals surface area (Å²) >= 11 is 0. The third-order valence-electron chi connectivity index (χ3n) is 4.90. The topological polar surface area (TPSA) is 81.7 Å². The van der Waals surface area contributed by atoms with Gasteiger partial charge < -0.3 is 20.9 Å². The molecule has 1 aliphatic rings. The van der Waals surface area contributed by atoms with Crippen LogP contribution in [0, 0.1) is 6.92 Å². The van der Waals surface area contributed by atoms with E-state index >= 15 is 0 Å². The van der Waals surface area contributed by atoms with Gasteiger partial charge in [0.15, 0.2) is 5.96 Å². The van der Waals surface area contributed by atoms with E-state index in [4.69, 9.17) is 0 Å². The molecule has 1 fully saturated rings. The summed E-state index contributed by atoms with van der Waals surface area (Å²) in [6, 6.07) is 4.44. The lowest BCUT2D eigenvalue weighted by Crippen LogP contribution is -2.41. The van der Waals surface area contributed by atoms with Gasteiger partial charge in [0, 0.05) is 45.3 Å². The molecule has 150 valence electrons. The van der Waals surface area contributed by atoms with E-state index in [0.717, 1.165) is 31.0 Å². The third-order valence-corrected chi connectivity index (χ3v) is 4.90. The number of hydrogen-bond acceptors (Lipinski definition) is 4. The highest BCUT2D eigenvalue weighted by atomic mass is 16.1. The van der Waals surface area contributed by atoms with Gasteiger partial charge in [0.2, 0.25) is 5.91 Å². The molecule has 2 heterocycles. The minimum absolute atomic E-state index is 0.0617. The zero-order chi connectivity index (χ0) is 19.5. The number of carbonyl (C=O) groups excluding carboxylic acids is 1. The summed E-state index contributed by atoms with van der Waals surface area (Å²) in [6.07, 6.45) is 7.19. The maximum absolute atomic E-state index is 12.0. The lowest BCUT2D eigenvalue weighted by Gasteiger charge is -2.33. The molecule has 1 amide bonds. The van der Waals surface area contributed by atoms with Gasteiger partial charge in [-0.25, -0.2) is 4.98 Å². The number of likely N-dealkylation sites (tertiary alicyclic amines) is 1. The van der Waals surface area contributed by atoms with Crippen LogP contribution in [0.1, 0.15) is 44.6 Å². The quantitative estimate of drug-likeness (QED) is 0.369. The Morgan fingerprint density at radius 3 is 2.81 bits per heavy atom. The van der Waals surface area contributed by atoms with E-state index in [-0.39, 0.29) is 5.91 Å². The third kappa shape index (κ3) is 7.95. The summed E-state index contributed by atoms with van der Waals surface area (Å²) < 4.78 is 0. The summed E-state index contributed by atoms with van der Waals surface area (Å²) in [4.78, 5) is 22.9. The van der Waals surface area contributed by atoms with Crippen LogP contribution in [-0.2, 0) is 4.79 Å². The smallest absolute Gasteiger partial charge is 0.227 e. The van der Waals surface area contributed by atoms with E-state index in [1.54, 1.807) is 13.2 Å². The van der Waals surface area contributed by atoms with Crippen LogP contribution in [0.2, 0.25) is 0 Å². The molecule has 1 aromatic heterocycles. The van der Waals surface area contributed by atoms with E-state index in [1.165, 1.54) is 25.8 Å². The van der Waals surface area contributed by atoms with Crippen molar-refractivity contribution in [3.05, 3.63) is 23.9 Å². The number of guanidine groups is 1. The van der Waals surface area contributed by atoms with Crippen LogP contribution < -0.4 is 16.0 Å². The average molecular weight is 375 g/mol. The van der Waals surface area contributed by atoms with Crippen molar-refractivity contribution < 1.29 is 4.79 Å². The van der Waals surface area contributed by atoms with Crippen molar-refractivity contribution in [3.8, 4) is 0 Å². The number of rotatable bonds is 8. The number of aromatic nitrogens is 1. The summed E-state index contributed by atoms with van der Waals surface area (Å²) in [6.45, 7) is 8.04. The summed E-state index contributed by atoms with van der Waals surface area (Å²) in [5.74, 6) is 1.26. The first-order chi connectivity index (χ1) is 13.1. The molecule has 0 spiro atoms. The molecule has 1 unspecified atom stereocenters. The lowest BCUT2D eigenvalue weighted by atomic mass is 10.0. The second kappa shape index (κ2) is 11.5. The van der Waals surface area contributed by atoms with Crippen LogP contribution >= 0.6 is 0 Å². The van der Waals surface area contributed by atoms with E-state index in [0.29, 0.717) is 24.8 Å². The van der Waals surface area contributed by atoms with Crippen molar-refractivity contribution in [1.29, 1.82) is 0 Å². The highest BCUT2D eigenvalue weighted by molar-refractivity contribution is 5.90. The number of nitrogens with zero attached hydrogens (tertiary/aromatic N) is 3. The molecule has 27 heavy (non-hydrogen) atoms. The van der Waals surface area contributed by atoms with Crippen molar-refractivity contribution in [2.24, 2.45) is 4.99 Å². The van der Waals surface area contributed by atoms with E-state index < -0.39 is 0 Å². The van der Waals surface area contributed by atoms with E-state index in [2.05, 4.69) is 37.8 Å². The Labute approximate surface area is 163 Å². The number of hydrogen-bond donors (Lipinski definition) is 3. The second-order valence-corrected chi connectivity index (χ2v) is 7.18. The highest BCUT2D eigenvalue weighted by Crippen LogP contribution is 2.16. The number of amides is 1. The van der Waals surface area contributed by atoms with Crippen molar-refractivity contribution in [1.82, 2.24) is 20.5 Å². The number of aliphatic imine (C=N–C) groups is 1. The number of piperidine rings is 1. The molecule has 7 nitrogen and oxygen atoms in total. The SMILES string of the molecule is CN=C(NCCCN1CCCCC1C)NCCC(=O)Nc1ccc(C)cn1. The lowest BCUT2D eigenvalue weighted by molar-refractivity contribution is -0.116. The maximum atomic E-state index is 12.0. The van der Waals surface area contributed by atoms with Gasteiger partial charge in [-0.15, -0.1) is 0 Å². The first-order valence-corrected chi connectivity index (χ1v) is 9.99. The van der Waals surface area contributed by atoms with Gasteiger partial charge in [0.25, 0.3) is 0 Å². The van der Waals surface area contributed by atoms with E-state index in [1.807, 2.05) is 19.1 Å². The number of carbonyl (C=O) groups is 1. The monoisotopic (exact) mass is 374 g/mol. The van der Waals surface area contributed by atoms with Gasteiger partial charge in [-0.3, -0.25) is 9.79 Å². The molecule has 3 N–H and O–H groups in total. The molecule has 1 aromatic rings. The molecule has 7 heteroatoms. The van der Waals surface area contributed by atoms with Gasteiger partial charge in [-0.05, 0) is 51.3 Å². The number of pyridine rings is 1. The summed E-state index contributed by atoms with van der Waals surface area (Å²) in [5, 5.41) is 9.31. The van der Waals surface area contributed by atoms with Gasteiger partial charge in [-0.1, -0.05) is 12.5 Å². The summed E-state index contributed by atoms with van der Waals surface area (Å²) in [5.41, 5.74) is 1.07. The zero-order valence-electron chi connectivity index (χ0n) is 16.9. The van der Waals surface area contributed by atoms with Crippen LogP contribution in [0.4, 0.5) is 5.82 Å². The number of anilines is 1. The molecule has 0 aromatic carbocycles. The first-order valence-electron chi connectivity index (χ1n) is 9.99. The van der Waals surface area contributed by atoms with Crippen LogP contribution in [0.15, 0.2) is 23.3 Å². The molecule has 0 aliphatic carbocycles. The molecule has 0 saturated carbocycles. The Kier molecular flexibility index (Phi) is 9.04. The Morgan fingerprint density at radius 1 is 1.30 bits per heavy atom. The van der Waals surface area contributed by atoms with Crippen LogP contribution in [0.3, 0.4) is 0 Å². The van der Waals surface area contributed by atoms with Gasteiger partial charge in [-0.2, -0.15) is 0 Å². The van der Waals surface area contributed by atoms with Crippen molar-refractivity contribution >= 4 is 17.7 Å². The fourth-order valence-electron chi connectivity index (χ4n) is 3.24. The molecular weight excluding hydrogens is 340 g/mol. The predicted molar refractivity (Wildman–Crippen MR) is 111 cm³/mol. The van der Waals surface area contributed by atoms with Crippen LogP contribution in [0.5, 0.6) is 0 Å². The van der Waals surface area contributed by atoms with Crippen molar-refractivity contribution in [3.63, 3.8) is 0 Å². The largest absolute Gasteiger partial charge is 0.356 e. The zero-order valence-corrected chi connectivity index (χ0v) is 16.9. The molecule has 1 saturated heterocycles. The Hall–Kier alpha value is -2.15. The minimum atomic E-state index is -0.0617. The van der Waals surface area contributed by atoms with Gasteiger partial charge in [0.1, 0.15) is 5.82 Å². The number of nitrogens with one attached hydrogen (secondary N) is 3. The molecule has 2 rings (SSSR count). The Morgan fingerprint density at radius 2 is 2.11 bits per heavy atom. The number of aryl methyl sites for hydroxylation is 1. The Balaban J connectivity index is 1.58. The van der Waals surface area contributed by atoms with Crippen LogP contribution in [-0.4, -0.2) is 61.0 Å². The highest BCUT2D eigenvalue weighted by Gasteiger charge is 2.17. The first kappa shape index (κ1) is 21.2. The fraction of sp³-hybridized carbons (Fsp3) is 0.650. The average Bonchev–Trinajstić information content (AvgIpc) is 2.67. The molecule has 0 bridgehead atoms. The normalized spacial score (nSPS) is 18.2. The predicted octanol–water partition coefficient (Wildman–Crippen LogP) is 2.15. The Bertz CT molecular complexity index is 601. The fourth-order valence-corrected chi connectivity index (χ4v) is 3.24. The summed E-state index contributed by atoms with van der Waals surface area (Å²) in [7, 11) is 1.75. The second-order valence-electron chi connectivity index (χ2n) is 7.18. The molecule has 1 atom stereocenters.